The third kappa shape index (κ3) is 3.77. The molecule has 0 aliphatic carbocycles. The number of hydrogen-bond acceptors (Lipinski definition) is 4. The Kier molecular flexibility index (Phi) is 5.26. The van der Waals surface area contributed by atoms with Gasteiger partial charge in [-0.2, -0.15) is 4.98 Å². The van der Waals surface area contributed by atoms with Crippen LogP contribution in [0, 0.1) is 6.92 Å². The Morgan fingerprint density at radius 3 is 2.67 bits per heavy atom. The van der Waals surface area contributed by atoms with Gasteiger partial charge in [0.2, 0.25) is 5.88 Å². The molecule has 2 aromatic rings. The summed E-state index contributed by atoms with van der Waals surface area (Å²) in [7, 11) is 1.82. The quantitative estimate of drug-likeness (QED) is 0.851. The molecule has 6 heteroatoms. The highest BCUT2D eigenvalue weighted by molar-refractivity contribution is 6.34. The topological polar surface area (TPSA) is 47.0 Å². The second-order valence-electron chi connectivity index (χ2n) is 4.60. The molecule has 0 fully saturated rings. The van der Waals surface area contributed by atoms with Crippen molar-refractivity contribution in [1.82, 2.24) is 9.97 Å². The Morgan fingerprint density at radius 2 is 2.00 bits per heavy atom. The summed E-state index contributed by atoms with van der Waals surface area (Å²) in [5.74, 6) is 2.46. The monoisotopic (exact) mass is 325 g/mol. The highest BCUT2D eigenvalue weighted by Gasteiger charge is 2.13. The van der Waals surface area contributed by atoms with Crippen LogP contribution in [0.4, 0.5) is 5.82 Å². The fourth-order valence-corrected chi connectivity index (χ4v) is 2.20. The van der Waals surface area contributed by atoms with E-state index in [2.05, 4.69) is 22.2 Å². The molecule has 21 heavy (non-hydrogen) atoms. The Hall–Kier alpha value is -1.52. The predicted molar refractivity (Wildman–Crippen MR) is 86.8 cm³/mol. The molecule has 0 bridgehead atoms. The SMILES string of the molecule is CCCc1nc(NC)c(C)c(Oc2cc(Cl)ccc2Cl)n1. The summed E-state index contributed by atoms with van der Waals surface area (Å²) in [6.07, 6.45) is 1.75. The third-order valence-corrected chi connectivity index (χ3v) is 3.51. The van der Waals surface area contributed by atoms with Crippen LogP contribution in [-0.2, 0) is 6.42 Å². The lowest BCUT2D eigenvalue weighted by molar-refractivity contribution is 0.455. The van der Waals surface area contributed by atoms with Crippen LogP contribution < -0.4 is 10.1 Å². The van der Waals surface area contributed by atoms with E-state index in [-0.39, 0.29) is 0 Å². The second-order valence-corrected chi connectivity index (χ2v) is 5.44. The van der Waals surface area contributed by atoms with Crippen LogP contribution in [0.3, 0.4) is 0 Å². The molecule has 0 aliphatic rings. The Morgan fingerprint density at radius 1 is 1.24 bits per heavy atom. The number of benzene rings is 1. The lowest BCUT2D eigenvalue weighted by atomic mass is 10.2. The average Bonchev–Trinajstić information content (AvgIpc) is 2.46. The van der Waals surface area contributed by atoms with Gasteiger partial charge in [0, 0.05) is 24.6 Å². The van der Waals surface area contributed by atoms with Crippen LogP contribution in [0.1, 0.15) is 24.7 Å². The molecule has 4 nitrogen and oxygen atoms in total. The van der Waals surface area contributed by atoms with Gasteiger partial charge in [-0.1, -0.05) is 30.1 Å². The number of nitrogens with one attached hydrogen (secondary N) is 1. The van der Waals surface area contributed by atoms with Crippen molar-refractivity contribution >= 4 is 29.0 Å². The van der Waals surface area contributed by atoms with E-state index in [0.717, 1.165) is 30.0 Å². The molecule has 1 aromatic carbocycles. The van der Waals surface area contributed by atoms with E-state index in [1.54, 1.807) is 18.2 Å². The van der Waals surface area contributed by atoms with Gasteiger partial charge in [0.25, 0.3) is 0 Å². The van der Waals surface area contributed by atoms with E-state index >= 15 is 0 Å². The number of aromatic nitrogens is 2. The lowest BCUT2D eigenvalue weighted by Crippen LogP contribution is -2.05. The van der Waals surface area contributed by atoms with E-state index in [9.17, 15) is 0 Å². The minimum atomic E-state index is 0.482. The number of aryl methyl sites for hydroxylation is 1. The molecule has 0 saturated heterocycles. The van der Waals surface area contributed by atoms with Gasteiger partial charge >= 0.3 is 0 Å². The molecule has 0 radical (unpaired) electrons. The molecule has 1 heterocycles. The van der Waals surface area contributed by atoms with Crippen LogP contribution in [0.5, 0.6) is 11.6 Å². The van der Waals surface area contributed by atoms with Crippen LogP contribution in [0.25, 0.3) is 0 Å². The molecule has 0 atom stereocenters. The number of rotatable bonds is 5. The molecule has 112 valence electrons. The van der Waals surface area contributed by atoms with E-state index in [1.165, 1.54) is 0 Å². The first kappa shape index (κ1) is 15.9. The molecule has 0 unspecified atom stereocenters. The Labute approximate surface area is 134 Å². The molecule has 0 saturated carbocycles. The minimum absolute atomic E-state index is 0.482. The zero-order valence-electron chi connectivity index (χ0n) is 12.2. The maximum absolute atomic E-state index is 6.13. The van der Waals surface area contributed by atoms with Crippen LogP contribution in [0.15, 0.2) is 18.2 Å². The molecule has 0 amide bonds. The van der Waals surface area contributed by atoms with E-state index < -0.39 is 0 Å². The van der Waals surface area contributed by atoms with Crippen LogP contribution >= 0.6 is 23.2 Å². The normalized spacial score (nSPS) is 10.5. The van der Waals surface area contributed by atoms with Gasteiger partial charge in [-0.05, 0) is 25.5 Å². The van der Waals surface area contributed by atoms with E-state index in [4.69, 9.17) is 27.9 Å². The predicted octanol–water partition coefficient (Wildman–Crippen LogP) is 4.88. The zero-order valence-corrected chi connectivity index (χ0v) is 13.7. The van der Waals surface area contributed by atoms with Gasteiger partial charge < -0.3 is 10.1 Å². The fourth-order valence-electron chi connectivity index (χ4n) is 1.88. The molecular weight excluding hydrogens is 309 g/mol. The zero-order chi connectivity index (χ0) is 15.4. The van der Waals surface area contributed by atoms with Crippen LogP contribution in [0.2, 0.25) is 10.0 Å². The van der Waals surface area contributed by atoms with Gasteiger partial charge in [0.05, 0.1) is 10.6 Å². The molecule has 1 aromatic heterocycles. The van der Waals surface area contributed by atoms with Crippen molar-refractivity contribution in [1.29, 1.82) is 0 Å². The fraction of sp³-hybridized carbons (Fsp3) is 0.333. The number of hydrogen-bond donors (Lipinski definition) is 1. The smallest absolute Gasteiger partial charge is 0.227 e. The summed E-state index contributed by atoms with van der Waals surface area (Å²) >= 11 is 12.1. The van der Waals surface area contributed by atoms with Crippen molar-refractivity contribution in [3.63, 3.8) is 0 Å². The molecule has 2 rings (SSSR count). The highest BCUT2D eigenvalue weighted by atomic mass is 35.5. The average molecular weight is 326 g/mol. The van der Waals surface area contributed by atoms with Gasteiger partial charge in [-0.25, -0.2) is 4.98 Å². The second kappa shape index (κ2) is 6.96. The minimum Gasteiger partial charge on any atom is -0.437 e. The molecular formula is C15H17Cl2N3O. The number of halogens is 2. The largest absolute Gasteiger partial charge is 0.437 e. The van der Waals surface area contributed by atoms with Crippen molar-refractivity contribution in [3.8, 4) is 11.6 Å². The van der Waals surface area contributed by atoms with Gasteiger partial charge in [-0.15, -0.1) is 0 Å². The number of ether oxygens (including phenoxy) is 1. The Balaban J connectivity index is 2.42. The third-order valence-electron chi connectivity index (χ3n) is 2.96. The number of nitrogens with zero attached hydrogens (tertiary/aromatic N) is 2. The van der Waals surface area contributed by atoms with Crippen molar-refractivity contribution < 1.29 is 4.74 Å². The Bertz CT molecular complexity index is 647. The first-order valence-electron chi connectivity index (χ1n) is 6.73. The molecule has 1 N–H and O–H groups in total. The first-order valence-corrected chi connectivity index (χ1v) is 7.49. The van der Waals surface area contributed by atoms with Gasteiger partial charge in [0.15, 0.2) is 0 Å². The maximum Gasteiger partial charge on any atom is 0.227 e. The summed E-state index contributed by atoms with van der Waals surface area (Å²) in [6.45, 7) is 3.98. The van der Waals surface area contributed by atoms with Gasteiger partial charge in [-0.3, -0.25) is 0 Å². The standard InChI is InChI=1S/C15H17Cl2N3O/c1-4-5-13-19-14(18-3)9(2)15(20-13)21-12-8-10(16)6-7-11(12)17/h6-8H,4-5H2,1-3H3,(H,18,19,20). The molecule has 0 aliphatic heterocycles. The summed E-state index contributed by atoms with van der Waals surface area (Å²) in [6, 6.07) is 5.08. The van der Waals surface area contributed by atoms with Crippen molar-refractivity contribution in [2.75, 3.05) is 12.4 Å². The summed E-state index contributed by atoms with van der Waals surface area (Å²) < 4.78 is 5.84. The summed E-state index contributed by atoms with van der Waals surface area (Å²) in [5.41, 5.74) is 0.827. The van der Waals surface area contributed by atoms with Crippen molar-refractivity contribution in [3.05, 3.63) is 39.6 Å². The summed E-state index contributed by atoms with van der Waals surface area (Å²) in [4.78, 5) is 8.92. The van der Waals surface area contributed by atoms with E-state index in [1.807, 2.05) is 14.0 Å². The first-order chi connectivity index (χ1) is 10.0. The maximum atomic E-state index is 6.13. The number of anilines is 1. The summed E-state index contributed by atoms with van der Waals surface area (Å²) in [5, 5.41) is 4.10. The van der Waals surface area contributed by atoms with E-state index in [0.29, 0.717) is 21.7 Å². The van der Waals surface area contributed by atoms with Crippen molar-refractivity contribution in [2.24, 2.45) is 0 Å². The molecule has 0 spiro atoms. The van der Waals surface area contributed by atoms with Crippen molar-refractivity contribution in [2.45, 2.75) is 26.7 Å². The highest BCUT2D eigenvalue weighted by Crippen LogP contribution is 2.33. The lowest BCUT2D eigenvalue weighted by Gasteiger charge is -2.13. The van der Waals surface area contributed by atoms with Gasteiger partial charge in [0.1, 0.15) is 17.4 Å². The van der Waals surface area contributed by atoms with Crippen LogP contribution in [-0.4, -0.2) is 17.0 Å².